The molecule has 6 heteroatoms. The summed E-state index contributed by atoms with van der Waals surface area (Å²) < 4.78 is 5.08. The molecule has 100 valence electrons. The number of hydrogen-bond donors (Lipinski definition) is 2. The Labute approximate surface area is 102 Å². The van der Waals surface area contributed by atoms with E-state index in [1.807, 2.05) is 13.8 Å². The molecule has 1 amide bonds. The molecule has 0 aromatic carbocycles. The normalized spacial score (nSPS) is 15.4. The van der Waals surface area contributed by atoms with Crippen LogP contribution in [0.4, 0.5) is 0 Å². The Bertz CT molecular complexity index is 269. The van der Waals surface area contributed by atoms with Gasteiger partial charge < -0.3 is 20.6 Å². The van der Waals surface area contributed by atoms with Crippen molar-refractivity contribution in [1.82, 2.24) is 4.90 Å². The number of oxime groups is 1. The highest BCUT2D eigenvalue weighted by Gasteiger charge is 2.17. The summed E-state index contributed by atoms with van der Waals surface area (Å²) >= 11 is 0. The number of amides is 1. The van der Waals surface area contributed by atoms with E-state index in [0.717, 1.165) is 0 Å². The molecule has 0 aromatic rings. The van der Waals surface area contributed by atoms with Crippen LogP contribution in [-0.2, 0) is 9.53 Å². The zero-order chi connectivity index (χ0) is 13.4. The molecule has 0 fully saturated rings. The smallest absolute Gasteiger partial charge is 0.222 e. The maximum atomic E-state index is 11.8. The molecule has 17 heavy (non-hydrogen) atoms. The Morgan fingerprint density at radius 3 is 2.59 bits per heavy atom. The molecular weight excluding hydrogens is 222 g/mol. The van der Waals surface area contributed by atoms with Crippen molar-refractivity contribution in [2.45, 2.75) is 45.3 Å². The van der Waals surface area contributed by atoms with Crippen molar-refractivity contribution in [2.75, 3.05) is 14.2 Å². The molecule has 0 saturated carbocycles. The Kier molecular flexibility index (Phi) is 7.29. The Hall–Kier alpha value is -1.30. The number of carbonyl (C=O) groups excluding carboxylic acids is 1. The molecule has 0 aromatic heterocycles. The van der Waals surface area contributed by atoms with Crippen LogP contribution in [0.5, 0.6) is 0 Å². The summed E-state index contributed by atoms with van der Waals surface area (Å²) in [5.41, 5.74) is 5.40. The molecule has 3 N–H and O–H groups in total. The van der Waals surface area contributed by atoms with Gasteiger partial charge in [-0.05, 0) is 20.3 Å². The molecule has 0 saturated heterocycles. The summed E-state index contributed by atoms with van der Waals surface area (Å²) in [7, 11) is 3.34. The molecule has 6 nitrogen and oxygen atoms in total. The lowest BCUT2D eigenvalue weighted by Crippen LogP contribution is -2.38. The standard InChI is InChI=1S/C11H23N3O3/c1-8(7-10(12)13-16)14(3)11(15)6-5-9(2)17-4/h8-9,16H,5-7H2,1-4H3,(H2,12,13). The van der Waals surface area contributed by atoms with Crippen LogP contribution in [-0.4, -0.2) is 48.2 Å². The quantitative estimate of drug-likeness (QED) is 0.300. The first-order chi connectivity index (χ1) is 7.92. The number of rotatable bonds is 7. The van der Waals surface area contributed by atoms with Crippen LogP contribution in [0.2, 0.25) is 0 Å². The number of hydrogen-bond acceptors (Lipinski definition) is 4. The Morgan fingerprint density at radius 2 is 2.12 bits per heavy atom. The molecule has 0 spiro atoms. The van der Waals surface area contributed by atoms with Crippen molar-refractivity contribution < 1.29 is 14.7 Å². The summed E-state index contributed by atoms with van der Waals surface area (Å²) in [4.78, 5) is 13.4. The number of nitrogens with two attached hydrogens (primary N) is 1. The maximum Gasteiger partial charge on any atom is 0.222 e. The fourth-order valence-corrected chi connectivity index (χ4v) is 1.35. The van der Waals surface area contributed by atoms with E-state index in [4.69, 9.17) is 15.7 Å². The van der Waals surface area contributed by atoms with Gasteiger partial charge in [-0.3, -0.25) is 4.79 Å². The van der Waals surface area contributed by atoms with Gasteiger partial charge in [-0.15, -0.1) is 0 Å². The highest BCUT2D eigenvalue weighted by Crippen LogP contribution is 2.07. The third-order valence-electron chi connectivity index (χ3n) is 2.85. The largest absolute Gasteiger partial charge is 0.409 e. The number of methoxy groups -OCH3 is 1. The second kappa shape index (κ2) is 7.89. The zero-order valence-corrected chi connectivity index (χ0v) is 11.0. The topological polar surface area (TPSA) is 88.2 Å². The highest BCUT2D eigenvalue weighted by molar-refractivity contribution is 5.81. The van der Waals surface area contributed by atoms with Crippen molar-refractivity contribution in [3.63, 3.8) is 0 Å². The van der Waals surface area contributed by atoms with Crippen molar-refractivity contribution >= 4 is 11.7 Å². The minimum atomic E-state index is -0.0868. The van der Waals surface area contributed by atoms with Crippen LogP contribution >= 0.6 is 0 Å². The van der Waals surface area contributed by atoms with Gasteiger partial charge in [0.2, 0.25) is 5.91 Å². The number of amidine groups is 1. The van der Waals surface area contributed by atoms with Gasteiger partial charge in [0.1, 0.15) is 5.84 Å². The summed E-state index contributed by atoms with van der Waals surface area (Å²) in [5, 5.41) is 11.3. The van der Waals surface area contributed by atoms with Gasteiger partial charge in [0.15, 0.2) is 0 Å². The summed E-state index contributed by atoms with van der Waals surface area (Å²) in [6.45, 7) is 3.78. The minimum Gasteiger partial charge on any atom is -0.409 e. The van der Waals surface area contributed by atoms with E-state index < -0.39 is 0 Å². The van der Waals surface area contributed by atoms with Crippen molar-refractivity contribution in [3.05, 3.63) is 0 Å². The predicted octanol–water partition coefficient (Wildman–Crippen LogP) is 0.785. The maximum absolute atomic E-state index is 11.8. The van der Waals surface area contributed by atoms with Crippen LogP contribution in [0.15, 0.2) is 5.16 Å². The van der Waals surface area contributed by atoms with Gasteiger partial charge in [0.25, 0.3) is 0 Å². The molecule has 0 bridgehead atoms. The second-order valence-electron chi connectivity index (χ2n) is 4.23. The fourth-order valence-electron chi connectivity index (χ4n) is 1.35. The van der Waals surface area contributed by atoms with E-state index in [1.54, 1.807) is 19.1 Å². The lowest BCUT2D eigenvalue weighted by molar-refractivity contribution is -0.132. The monoisotopic (exact) mass is 245 g/mol. The predicted molar refractivity (Wildman–Crippen MR) is 66.0 cm³/mol. The molecule has 0 aliphatic rings. The molecular formula is C11H23N3O3. The van der Waals surface area contributed by atoms with Gasteiger partial charge in [-0.1, -0.05) is 5.16 Å². The lowest BCUT2D eigenvalue weighted by Gasteiger charge is -2.25. The summed E-state index contributed by atoms with van der Waals surface area (Å²) in [6, 6.07) is -0.0868. The van der Waals surface area contributed by atoms with E-state index in [1.165, 1.54) is 0 Å². The Balaban J connectivity index is 4.11. The van der Waals surface area contributed by atoms with Crippen molar-refractivity contribution in [2.24, 2.45) is 10.9 Å². The molecule has 0 heterocycles. The zero-order valence-electron chi connectivity index (χ0n) is 11.0. The van der Waals surface area contributed by atoms with Gasteiger partial charge in [-0.25, -0.2) is 0 Å². The minimum absolute atomic E-state index is 0.0344. The van der Waals surface area contributed by atoms with Gasteiger partial charge in [0.05, 0.1) is 6.10 Å². The Morgan fingerprint density at radius 1 is 1.53 bits per heavy atom. The van der Waals surface area contributed by atoms with Crippen molar-refractivity contribution in [3.8, 4) is 0 Å². The molecule has 0 aliphatic carbocycles. The lowest BCUT2D eigenvalue weighted by atomic mass is 10.1. The first-order valence-corrected chi connectivity index (χ1v) is 5.67. The van der Waals surface area contributed by atoms with E-state index in [9.17, 15) is 4.79 Å². The van der Waals surface area contributed by atoms with Gasteiger partial charge in [0, 0.05) is 33.0 Å². The van der Waals surface area contributed by atoms with Crippen LogP contribution in [0.25, 0.3) is 0 Å². The number of carbonyl (C=O) groups is 1. The van der Waals surface area contributed by atoms with E-state index >= 15 is 0 Å². The highest BCUT2D eigenvalue weighted by atomic mass is 16.5. The van der Waals surface area contributed by atoms with Crippen LogP contribution in [0, 0.1) is 0 Å². The van der Waals surface area contributed by atoms with Crippen molar-refractivity contribution in [1.29, 1.82) is 0 Å². The fraction of sp³-hybridized carbons (Fsp3) is 0.818. The number of ether oxygens (including phenoxy) is 1. The number of nitrogens with zero attached hydrogens (tertiary/aromatic N) is 2. The second-order valence-corrected chi connectivity index (χ2v) is 4.23. The SMILES string of the molecule is COC(C)CCC(=O)N(C)C(C)CC(N)=NO. The van der Waals surface area contributed by atoms with Gasteiger partial charge >= 0.3 is 0 Å². The average molecular weight is 245 g/mol. The third-order valence-corrected chi connectivity index (χ3v) is 2.85. The van der Waals surface area contributed by atoms with E-state index in [-0.39, 0.29) is 23.9 Å². The average Bonchev–Trinajstić information content (AvgIpc) is 2.33. The van der Waals surface area contributed by atoms with Gasteiger partial charge in [-0.2, -0.15) is 0 Å². The van der Waals surface area contributed by atoms with Crippen LogP contribution < -0.4 is 5.73 Å². The molecule has 0 radical (unpaired) electrons. The first kappa shape index (κ1) is 15.7. The molecule has 2 atom stereocenters. The summed E-state index contributed by atoms with van der Waals surface area (Å²) in [5.74, 6) is 0.162. The molecule has 0 rings (SSSR count). The third kappa shape index (κ3) is 6.11. The first-order valence-electron chi connectivity index (χ1n) is 5.67. The van der Waals surface area contributed by atoms with Crippen LogP contribution in [0.3, 0.4) is 0 Å². The van der Waals surface area contributed by atoms with Crippen LogP contribution in [0.1, 0.15) is 33.1 Å². The molecule has 2 unspecified atom stereocenters. The summed E-state index contributed by atoms with van der Waals surface area (Å²) in [6.07, 6.45) is 1.56. The van der Waals surface area contributed by atoms with E-state index in [0.29, 0.717) is 19.3 Å². The van der Waals surface area contributed by atoms with E-state index in [2.05, 4.69) is 5.16 Å². The molecule has 0 aliphatic heterocycles.